The number of ether oxygens (including phenoxy) is 3. The molecule has 0 saturated carbocycles. The van der Waals surface area contributed by atoms with Crippen LogP contribution >= 0.6 is 0 Å². The number of anilines is 1. The van der Waals surface area contributed by atoms with Crippen LogP contribution in [0.1, 0.15) is 29.3 Å². The zero-order chi connectivity index (χ0) is 28.1. The molecule has 0 atom stereocenters. The molecular weight excluding hydrogens is 512 g/mol. The highest BCUT2D eigenvalue weighted by Crippen LogP contribution is 2.30. The molecule has 9 nitrogen and oxygen atoms in total. The summed E-state index contributed by atoms with van der Waals surface area (Å²) in [5.74, 6) is 0.887. The maximum atomic E-state index is 13.3. The molecule has 0 aliphatic carbocycles. The van der Waals surface area contributed by atoms with Gasteiger partial charge in [-0.05, 0) is 67.1 Å². The fourth-order valence-electron chi connectivity index (χ4n) is 4.70. The van der Waals surface area contributed by atoms with Crippen molar-refractivity contribution in [2.45, 2.75) is 19.9 Å². The van der Waals surface area contributed by atoms with E-state index in [2.05, 4.69) is 21.9 Å². The molecule has 2 heterocycles. The van der Waals surface area contributed by atoms with Crippen molar-refractivity contribution in [1.29, 1.82) is 0 Å². The lowest BCUT2D eigenvalue weighted by molar-refractivity contribution is 0.0505. The van der Waals surface area contributed by atoms with Crippen molar-refractivity contribution in [3.63, 3.8) is 0 Å². The zero-order valence-corrected chi connectivity index (χ0v) is 22.6. The van der Waals surface area contributed by atoms with E-state index in [4.69, 9.17) is 18.6 Å². The molecule has 0 amide bonds. The third-order valence-corrected chi connectivity index (χ3v) is 6.93. The number of piperazine rings is 1. The normalized spacial score (nSPS) is 13.8. The molecule has 40 heavy (non-hydrogen) atoms. The van der Waals surface area contributed by atoms with Crippen LogP contribution in [0.25, 0.3) is 11.0 Å². The predicted molar refractivity (Wildman–Crippen MR) is 152 cm³/mol. The van der Waals surface area contributed by atoms with Gasteiger partial charge in [-0.3, -0.25) is 9.69 Å². The number of hydrogen-bond donors (Lipinski definition) is 1. The van der Waals surface area contributed by atoms with E-state index in [1.807, 2.05) is 19.1 Å². The number of hydrogen-bond acceptors (Lipinski definition) is 9. The summed E-state index contributed by atoms with van der Waals surface area (Å²) in [5.41, 5.74) is 2.09. The van der Waals surface area contributed by atoms with Gasteiger partial charge in [0.1, 0.15) is 29.1 Å². The predicted octanol–water partition coefficient (Wildman–Crippen LogP) is 5.19. The van der Waals surface area contributed by atoms with Crippen molar-refractivity contribution in [3.8, 4) is 23.0 Å². The SMILES string of the molecule is CCCOC(=O)c1ccc(Oc2coc3c(CN4CCN(c5ccc(OC)cc5)CC4)c(O)ccc3c2=O)cc1. The van der Waals surface area contributed by atoms with Crippen molar-refractivity contribution >= 4 is 22.6 Å². The molecule has 9 heteroatoms. The molecule has 1 fully saturated rings. The number of rotatable bonds is 9. The quantitative estimate of drug-likeness (QED) is 0.285. The lowest BCUT2D eigenvalue weighted by Crippen LogP contribution is -2.46. The number of benzene rings is 3. The van der Waals surface area contributed by atoms with Crippen LogP contribution in [0.3, 0.4) is 0 Å². The Kier molecular flexibility index (Phi) is 8.21. The fourth-order valence-corrected chi connectivity index (χ4v) is 4.70. The minimum atomic E-state index is -0.409. The Labute approximate surface area is 232 Å². The molecule has 3 aromatic carbocycles. The molecule has 1 saturated heterocycles. The standard InChI is InChI=1S/C31H32N2O7/c1-3-18-38-31(36)21-4-8-24(9-5-21)40-28-20-39-30-25(29(28)35)12-13-27(34)26(30)19-32-14-16-33(17-15-32)22-6-10-23(37-2)11-7-22/h4-13,20,34H,3,14-19H2,1-2H3. The summed E-state index contributed by atoms with van der Waals surface area (Å²) < 4.78 is 22.0. The number of phenols is 1. The van der Waals surface area contributed by atoms with Crippen LogP contribution in [-0.4, -0.2) is 55.9 Å². The first-order valence-electron chi connectivity index (χ1n) is 13.3. The topological polar surface area (TPSA) is 102 Å². The molecule has 1 aliphatic heterocycles. The van der Waals surface area contributed by atoms with Crippen molar-refractivity contribution in [2.75, 3.05) is 44.8 Å². The van der Waals surface area contributed by atoms with Crippen LogP contribution in [0.15, 0.2) is 76.1 Å². The Morgan fingerprint density at radius 3 is 2.33 bits per heavy atom. The smallest absolute Gasteiger partial charge is 0.338 e. The monoisotopic (exact) mass is 544 g/mol. The summed E-state index contributed by atoms with van der Waals surface area (Å²) >= 11 is 0. The molecule has 208 valence electrons. The molecule has 1 aliphatic rings. The molecule has 4 aromatic rings. The van der Waals surface area contributed by atoms with Crippen LogP contribution in [0, 0.1) is 0 Å². The summed E-state index contributed by atoms with van der Waals surface area (Å²) in [6.45, 7) is 5.95. The molecule has 5 rings (SSSR count). The van der Waals surface area contributed by atoms with Crippen LogP contribution in [0.4, 0.5) is 5.69 Å². The van der Waals surface area contributed by atoms with Gasteiger partial charge in [-0.1, -0.05) is 6.92 Å². The third-order valence-electron chi connectivity index (χ3n) is 6.93. The van der Waals surface area contributed by atoms with E-state index in [0.717, 1.165) is 44.0 Å². The van der Waals surface area contributed by atoms with Gasteiger partial charge in [0.15, 0.2) is 0 Å². The summed E-state index contributed by atoms with van der Waals surface area (Å²) in [7, 11) is 1.65. The zero-order valence-electron chi connectivity index (χ0n) is 22.6. The number of carbonyl (C=O) groups is 1. The molecule has 0 radical (unpaired) electrons. The van der Waals surface area contributed by atoms with E-state index in [1.165, 1.54) is 12.3 Å². The Balaban J connectivity index is 1.28. The van der Waals surface area contributed by atoms with Gasteiger partial charge in [0.2, 0.25) is 11.2 Å². The summed E-state index contributed by atoms with van der Waals surface area (Å²) in [6.07, 6.45) is 2.00. The van der Waals surface area contributed by atoms with Gasteiger partial charge >= 0.3 is 5.97 Å². The molecule has 0 unspecified atom stereocenters. The largest absolute Gasteiger partial charge is 0.507 e. The summed E-state index contributed by atoms with van der Waals surface area (Å²) in [4.78, 5) is 29.8. The third kappa shape index (κ3) is 5.89. The molecule has 1 N–H and O–H groups in total. The average molecular weight is 545 g/mol. The number of phenolic OH excluding ortho intramolecular Hbond substituents is 1. The van der Waals surface area contributed by atoms with Gasteiger partial charge in [-0.25, -0.2) is 4.79 Å². The van der Waals surface area contributed by atoms with Gasteiger partial charge in [0, 0.05) is 38.4 Å². The second kappa shape index (κ2) is 12.1. The first kappa shape index (κ1) is 27.1. The highest BCUT2D eigenvalue weighted by atomic mass is 16.5. The van der Waals surface area contributed by atoms with E-state index >= 15 is 0 Å². The number of carbonyl (C=O) groups excluding carboxylic acids is 1. The van der Waals surface area contributed by atoms with Gasteiger partial charge in [0.25, 0.3) is 0 Å². The first-order valence-corrected chi connectivity index (χ1v) is 13.3. The Morgan fingerprint density at radius 1 is 0.950 bits per heavy atom. The number of nitrogens with zero attached hydrogens (tertiary/aromatic N) is 2. The van der Waals surface area contributed by atoms with E-state index in [-0.39, 0.29) is 16.9 Å². The second-order valence-corrected chi connectivity index (χ2v) is 9.59. The first-order chi connectivity index (χ1) is 19.5. The van der Waals surface area contributed by atoms with Crippen molar-refractivity contribution in [1.82, 2.24) is 4.90 Å². The van der Waals surface area contributed by atoms with Gasteiger partial charge < -0.3 is 28.6 Å². The number of methoxy groups -OCH3 is 1. The van der Waals surface area contributed by atoms with Crippen LogP contribution in [0.5, 0.6) is 23.0 Å². The maximum Gasteiger partial charge on any atom is 0.338 e. The van der Waals surface area contributed by atoms with Crippen molar-refractivity contribution in [2.24, 2.45) is 0 Å². The maximum absolute atomic E-state index is 13.3. The van der Waals surface area contributed by atoms with Crippen LogP contribution in [-0.2, 0) is 11.3 Å². The highest BCUT2D eigenvalue weighted by Gasteiger charge is 2.22. The molecule has 1 aromatic heterocycles. The van der Waals surface area contributed by atoms with E-state index in [0.29, 0.717) is 41.0 Å². The van der Waals surface area contributed by atoms with Crippen LogP contribution in [0.2, 0.25) is 0 Å². The van der Waals surface area contributed by atoms with Crippen molar-refractivity contribution in [3.05, 3.63) is 88.3 Å². The van der Waals surface area contributed by atoms with Crippen molar-refractivity contribution < 1.29 is 28.5 Å². The van der Waals surface area contributed by atoms with E-state index in [1.54, 1.807) is 37.4 Å². The van der Waals surface area contributed by atoms with E-state index in [9.17, 15) is 14.7 Å². The minimum absolute atomic E-state index is 0.0126. The number of aromatic hydroxyl groups is 1. The lowest BCUT2D eigenvalue weighted by Gasteiger charge is -2.36. The summed E-state index contributed by atoms with van der Waals surface area (Å²) in [5, 5.41) is 11.0. The Hall–Kier alpha value is -4.50. The highest BCUT2D eigenvalue weighted by molar-refractivity contribution is 5.89. The molecule has 0 bridgehead atoms. The number of fused-ring (bicyclic) bond motifs is 1. The average Bonchev–Trinajstić information content (AvgIpc) is 2.99. The molecule has 0 spiro atoms. The second-order valence-electron chi connectivity index (χ2n) is 9.59. The minimum Gasteiger partial charge on any atom is -0.507 e. The number of esters is 1. The van der Waals surface area contributed by atoms with Gasteiger partial charge in [0.05, 0.1) is 30.2 Å². The molecular formula is C31H32N2O7. The fraction of sp³-hybridized carbons (Fsp3) is 0.290. The Morgan fingerprint density at radius 2 is 1.65 bits per heavy atom. The van der Waals surface area contributed by atoms with Gasteiger partial charge in [-0.2, -0.15) is 0 Å². The van der Waals surface area contributed by atoms with Crippen LogP contribution < -0.4 is 19.8 Å². The van der Waals surface area contributed by atoms with Gasteiger partial charge in [-0.15, -0.1) is 0 Å². The lowest BCUT2D eigenvalue weighted by atomic mass is 10.1. The summed E-state index contributed by atoms with van der Waals surface area (Å²) in [6, 6.07) is 17.4. The Bertz CT molecular complexity index is 1520. The van der Waals surface area contributed by atoms with E-state index < -0.39 is 5.97 Å².